The summed E-state index contributed by atoms with van der Waals surface area (Å²) < 4.78 is 0. The van der Waals surface area contributed by atoms with Gasteiger partial charge in [-0.15, -0.1) is 6.42 Å². The van der Waals surface area contributed by atoms with Gasteiger partial charge < -0.3 is 10.2 Å². The molecule has 1 N–H and O–H groups in total. The maximum atomic E-state index is 12.6. The lowest BCUT2D eigenvalue weighted by molar-refractivity contribution is 0.0909. The minimum atomic E-state index is 0.00576. The first-order chi connectivity index (χ1) is 11.2. The summed E-state index contributed by atoms with van der Waals surface area (Å²) in [7, 11) is 0. The SMILES string of the molecule is C#Cc1cccc2ccc(C(=O)N[C@@H]3C[C@@H]4CCN(C4)C3)cc12. The Morgan fingerprint density at radius 2 is 2.17 bits per heavy atom. The van der Waals surface area contributed by atoms with E-state index >= 15 is 0 Å². The second kappa shape index (κ2) is 5.72. The van der Waals surface area contributed by atoms with Crippen LogP contribution in [-0.4, -0.2) is 36.5 Å². The molecule has 0 aliphatic carbocycles. The van der Waals surface area contributed by atoms with Crippen LogP contribution in [0.1, 0.15) is 28.8 Å². The van der Waals surface area contributed by atoms with E-state index in [-0.39, 0.29) is 11.9 Å². The van der Waals surface area contributed by atoms with Crippen LogP contribution in [0.2, 0.25) is 0 Å². The van der Waals surface area contributed by atoms with Crippen LogP contribution in [0, 0.1) is 18.3 Å². The van der Waals surface area contributed by atoms with Gasteiger partial charge in [-0.3, -0.25) is 4.79 Å². The molecule has 2 heterocycles. The molecule has 3 heteroatoms. The van der Waals surface area contributed by atoms with E-state index in [1.54, 1.807) is 0 Å². The summed E-state index contributed by atoms with van der Waals surface area (Å²) in [6, 6.07) is 11.9. The highest BCUT2D eigenvalue weighted by Crippen LogP contribution is 2.27. The summed E-state index contributed by atoms with van der Waals surface area (Å²) in [6.45, 7) is 3.36. The van der Waals surface area contributed by atoms with Crippen LogP contribution >= 0.6 is 0 Å². The smallest absolute Gasteiger partial charge is 0.251 e. The summed E-state index contributed by atoms with van der Waals surface area (Å²) >= 11 is 0. The van der Waals surface area contributed by atoms with E-state index in [2.05, 4.69) is 16.1 Å². The Morgan fingerprint density at radius 1 is 1.26 bits per heavy atom. The Bertz CT molecular complexity index is 793. The second-order valence-corrected chi connectivity index (χ2v) is 6.71. The van der Waals surface area contributed by atoms with E-state index in [0.29, 0.717) is 5.56 Å². The number of hydrogen-bond donors (Lipinski definition) is 1. The number of hydrogen-bond acceptors (Lipinski definition) is 2. The molecule has 4 rings (SSSR count). The molecule has 2 aliphatic rings. The van der Waals surface area contributed by atoms with Gasteiger partial charge in [0.25, 0.3) is 5.91 Å². The number of nitrogens with one attached hydrogen (secondary N) is 1. The van der Waals surface area contributed by atoms with Crippen LogP contribution in [0.25, 0.3) is 10.8 Å². The molecular weight excluding hydrogens is 284 g/mol. The molecule has 0 radical (unpaired) electrons. The first kappa shape index (κ1) is 14.3. The molecule has 1 amide bonds. The Morgan fingerprint density at radius 3 is 3.00 bits per heavy atom. The number of carbonyl (C=O) groups is 1. The van der Waals surface area contributed by atoms with Gasteiger partial charge in [-0.05, 0) is 54.3 Å². The average Bonchev–Trinajstić information content (AvgIpc) is 2.92. The molecule has 2 fully saturated rings. The minimum absolute atomic E-state index is 0.00576. The van der Waals surface area contributed by atoms with Gasteiger partial charge in [-0.2, -0.15) is 0 Å². The number of piperidine rings is 1. The maximum Gasteiger partial charge on any atom is 0.251 e. The zero-order valence-corrected chi connectivity index (χ0v) is 13.1. The van der Waals surface area contributed by atoms with Gasteiger partial charge in [0.15, 0.2) is 0 Å². The highest BCUT2D eigenvalue weighted by molar-refractivity contribution is 6.00. The van der Waals surface area contributed by atoms with Crippen LogP contribution in [0.4, 0.5) is 0 Å². The number of rotatable bonds is 2. The van der Waals surface area contributed by atoms with E-state index in [9.17, 15) is 4.79 Å². The maximum absolute atomic E-state index is 12.6. The van der Waals surface area contributed by atoms with E-state index in [1.807, 2.05) is 36.4 Å². The highest BCUT2D eigenvalue weighted by atomic mass is 16.1. The lowest BCUT2D eigenvalue weighted by Gasteiger charge is -2.30. The first-order valence-electron chi connectivity index (χ1n) is 8.25. The van der Waals surface area contributed by atoms with E-state index in [4.69, 9.17) is 6.42 Å². The average molecular weight is 304 g/mol. The molecule has 2 saturated heterocycles. The van der Waals surface area contributed by atoms with Crippen molar-refractivity contribution in [1.29, 1.82) is 0 Å². The monoisotopic (exact) mass is 304 g/mol. The van der Waals surface area contributed by atoms with Crippen molar-refractivity contribution < 1.29 is 4.79 Å². The van der Waals surface area contributed by atoms with Crippen LogP contribution < -0.4 is 5.32 Å². The normalized spacial score (nSPS) is 26.0. The summed E-state index contributed by atoms with van der Waals surface area (Å²) in [5, 5.41) is 5.24. The summed E-state index contributed by atoms with van der Waals surface area (Å²) in [6.07, 6.45) is 7.95. The zero-order valence-electron chi connectivity index (χ0n) is 13.1. The number of fused-ring (bicyclic) bond motifs is 3. The summed E-state index contributed by atoms with van der Waals surface area (Å²) in [4.78, 5) is 15.1. The number of terminal acetylenes is 1. The van der Waals surface area contributed by atoms with E-state index in [0.717, 1.165) is 35.2 Å². The van der Waals surface area contributed by atoms with Gasteiger partial charge in [-0.1, -0.05) is 24.1 Å². The standard InChI is InChI=1S/C20H20N2O/c1-2-15-4-3-5-16-6-7-17(11-19(15)16)20(23)21-18-10-14-8-9-22(12-14)13-18/h1,3-7,11,14,18H,8-10,12-13H2,(H,21,23)/t14-,18+/m0/s1. The molecule has 2 aromatic carbocycles. The fourth-order valence-corrected chi connectivity index (χ4v) is 3.97. The zero-order chi connectivity index (χ0) is 15.8. The number of nitrogens with zero attached hydrogens (tertiary/aromatic N) is 1. The van der Waals surface area contributed by atoms with Gasteiger partial charge in [0.05, 0.1) is 0 Å². The van der Waals surface area contributed by atoms with Crippen molar-refractivity contribution >= 4 is 16.7 Å². The number of carbonyl (C=O) groups excluding carboxylic acids is 1. The molecule has 2 aliphatic heterocycles. The molecule has 2 aromatic rings. The predicted molar refractivity (Wildman–Crippen MR) is 92.3 cm³/mol. The number of benzene rings is 2. The van der Waals surface area contributed by atoms with E-state index in [1.165, 1.54) is 19.5 Å². The molecule has 2 bridgehead atoms. The van der Waals surface area contributed by atoms with E-state index < -0.39 is 0 Å². The van der Waals surface area contributed by atoms with Crippen molar-refractivity contribution in [3.63, 3.8) is 0 Å². The van der Waals surface area contributed by atoms with Gasteiger partial charge in [0, 0.05) is 30.3 Å². The second-order valence-electron chi connectivity index (χ2n) is 6.71. The van der Waals surface area contributed by atoms with Crippen molar-refractivity contribution in [3.8, 4) is 12.3 Å². The Kier molecular flexibility index (Phi) is 3.55. The predicted octanol–water partition coefficient (Wildman–Crippen LogP) is 2.65. The largest absolute Gasteiger partial charge is 0.348 e. The van der Waals surface area contributed by atoms with Crippen LogP contribution in [-0.2, 0) is 0 Å². The van der Waals surface area contributed by atoms with Gasteiger partial charge in [0.1, 0.15) is 0 Å². The van der Waals surface area contributed by atoms with Crippen LogP contribution in [0.15, 0.2) is 36.4 Å². The van der Waals surface area contributed by atoms with Crippen molar-refractivity contribution in [2.24, 2.45) is 5.92 Å². The Labute approximate surface area is 136 Å². The topological polar surface area (TPSA) is 32.3 Å². The highest BCUT2D eigenvalue weighted by Gasteiger charge is 2.32. The number of amides is 1. The Hall–Kier alpha value is -2.31. The van der Waals surface area contributed by atoms with Gasteiger partial charge in [0.2, 0.25) is 0 Å². The quantitative estimate of drug-likeness (QED) is 0.865. The third-order valence-corrected chi connectivity index (χ3v) is 5.10. The first-order valence-corrected chi connectivity index (χ1v) is 8.25. The molecule has 116 valence electrons. The van der Waals surface area contributed by atoms with Crippen LogP contribution in [0.5, 0.6) is 0 Å². The molecule has 0 aromatic heterocycles. The fourth-order valence-electron chi connectivity index (χ4n) is 3.97. The van der Waals surface area contributed by atoms with Gasteiger partial charge >= 0.3 is 0 Å². The minimum Gasteiger partial charge on any atom is -0.348 e. The molecule has 0 spiro atoms. The lowest BCUT2D eigenvalue weighted by Crippen LogP contribution is -2.47. The molecule has 3 nitrogen and oxygen atoms in total. The third-order valence-electron chi connectivity index (χ3n) is 5.10. The van der Waals surface area contributed by atoms with Crippen molar-refractivity contribution in [3.05, 3.63) is 47.5 Å². The van der Waals surface area contributed by atoms with Crippen LogP contribution in [0.3, 0.4) is 0 Å². The molecule has 23 heavy (non-hydrogen) atoms. The lowest BCUT2D eigenvalue weighted by atomic mass is 9.96. The third kappa shape index (κ3) is 2.71. The summed E-state index contributed by atoms with van der Waals surface area (Å²) in [5.41, 5.74) is 1.52. The van der Waals surface area contributed by atoms with Gasteiger partial charge in [-0.25, -0.2) is 0 Å². The van der Waals surface area contributed by atoms with Crippen molar-refractivity contribution in [2.45, 2.75) is 18.9 Å². The van der Waals surface area contributed by atoms with Crippen molar-refractivity contribution in [1.82, 2.24) is 10.2 Å². The molecule has 3 atom stereocenters. The molecular formula is C20H20N2O. The molecule has 0 saturated carbocycles. The fraction of sp³-hybridized carbons (Fsp3) is 0.350. The Balaban J connectivity index is 1.56. The summed E-state index contributed by atoms with van der Waals surface area (Å²) in [5.74, 6) is 3.45. The van der Waals surface area contributed by atoms with Crippen molar-refractivity contribution in [2.75, 3.05) is 19.6 Å². The molecule has 1 unspecified atom stereocenters.